The number of hydrogen-bond donors (Lipinski definition) is 1. The van der Waals surface area contributed by atoms with Crippen LogP contribution < -0.4 is 5.73 Å². The minimum atomic E-state index is 0.255. The van der Waals surface area contributed by atoms with Gasteiger partial charge in [0.25, 0.3) is 0 Å². The van der Waals surface area contributed by atoms with Gasteiger partial charge < -0.3 is 5.73 Å². The molecule has 1 aliphatic rings. The maximum absolute atomic E-state index is 6.26. The van der Waals surface area contributed by atoms with Crippen molar-refractivity contribution < 1.29 is 0 Å². The molecule has 0 radical (unpaired) electrons. The molecule has 1 fully saturated rings. The second-order valence-electron chi connectivity index (χ2n) is 4.69. The largest absolute Gasteiger partial charge is 0.324 e. The monoisotopic (exact) mass is 189 g/mol. The van der Waals surface area contributed by atoms with E-state index in [1.54, 1.807) is 0 Å². The first-order valence-corrected chi connectivity index (χ1v) is 5.43. The average Bonchev–Trinajstić information content (AvgIpc) is 2.87. The van der Waals surface area contributed by atoms with Crippen LogP contribution in [0.1, 0.15) is 36.1 Å². The summed E-state index contributed by atoms with van der Waals surface area (Å²) in [6.45, 7) is 6.62. The highest BCUT2D eigenvalue weighted by atomic mass is 14.7. The lowest BCUT2D eigenvalue weighted by Crippen LogP contribution is -2.15. The zero-order valence-corrected chi connectivity index (χ0v) is 9.25. The molecule has 14 heavy (non-hydrogen) atoms. The molecular weight excluding hydrogens is 170 g/mol. The lowest BCUT2D eigenvalue weighted by molar-refractivity contribution is 0.590. The van der Waals surface area contributed by atoms with Crippen molar-refractivity contribution in [3.05, 3.63) is 34.9 Å². The van der Waals surface area contributed by atoms with Crippen molar-refractivity contribution in [1.82, 2.24) is 0 Å². The number of hydrogen-bond acceptors (Lipinski definition) is 1. The van der Waals surface area contributed by atoms with Crippen LogP contribution in [0.25, 0.3) is 0 Å². The minimum Gasteiger partial charge on any atom is -0.324 e. The molecule has 1 aliphatic carbocycles. The fourth-order valence-corrected chi connectivity index (χ4v) is 2.22. The van der Waals surface area contributed by atoms with Gasteiger partial charge >= 0.3 is 0 Å². The van der Waals surface area contributed by atoms with Crippen LogP contribution in [0.3, 0.4) is 0 Å². The normalized spacial score (nSPS) is 27.4. The molecule has 0 aliphatic heterocycles. The Morgan fingerprint density at radius 2 is 2.00 bits per heavy atom. The summed E-state index contributed by atoms with van der Waals surface area (Å²) in [5, 5.41) is 0. The summed E-state index contributed by atoms with van der Waals surface area (Å²) in [5.41, 5.74) is 10.3. The highest BCUT2D eigenvalue weighted by Gasteiger charge is 2.38. The third-order valence-corrected chi connectivity index (χ3v) is 3.64. The van der Waals surface area contributed by atoms with Gasteiger partial charge in [-0.25, -0.2) is 0 Å². The molecule has 1 saturated carbocycles. The molecule has 2 rings (SSSR count). The third-order valence-electron chi connectivity index (χ3n) is 3.64. The SMILES string of the molecule is Cc1cccc(C(N)C2CC2C)c1C. The molecule has 0 spiro atoms. The lowest BCUT2D eigenvalue weighted by atomic mass is 9.95. The zero-order chi connectivity index (χ0) is 10.3. The topological polar surface area (TPSA) is 26.0 Å². The summed E-state index contributed by atoms with van der Waals surface area (Å²) >= 11 is 0. The number of benzene rings is 1. The molecule has 76 valence electrons. The van der Waals surface area contributed by atoms with Crippen molar-refractivity contribution in [2.24, 2.45) is 17.6 Å². The minimum absolute atomic E-state index is 0.255. The summed E-state index contributed by atoms with van der Waals surface area (Å²) in [6.07, 6.45) is 1.30. The summed E-state index contributed by atoms with van der Waals surface area (Å²) in [6, 6.07) is 6.70. The van der Waals surface area contributed by atoms with Gasteiger partial charge in [-0.2, -0.15) is 0 Å². The van der Waals surface area contributed by atoms with E-state index in [0.717, 1.165) is 11.8 Å². The van der Waals surface area contributed by atoms with Crippen LogP contribution in [0.4, 0.5) is 0 Å². The predicted molar refractivity (Wildman–Crippen MR) is 60.1 cm³/mol. The van der Waals surface area contributed by atoms with Crippen molar-refractivity contribution in [2.45, 2.75) is 33.2 Å². The Hall–Kier alpha value is -0.820. The molecular formula is C13H19N. The summed E-state index contributed by atoms with van der Waals surface area (Å²) in [5.74, 6) is 1.54. The van der Waals surface area contributed by atoms with E-state index in [1.165, 1.54) is 23.1 Å². The van der Waals surface area contributed by atoms with E-state index in [2.05, 4.69) is 39.0 Å². The molecule has 0 saturated heterocycles. The van der Waals surface area contributed by atoms with Gasteiger partial charge in [-0.3, -0.25) is 0 Å². The van der Waals surface area contributed by atoms with Crippen LogP contribution in [0.15, 0.2) is 18.2 Å². The smallest absolute Gasteiger partial charge is 0.0328 e. The van der Waals surface area contributed by atoms with Gasteiger partial charge in [0.2, 0.25) is 0 Å². The van der Waals surface area contributed by atoms with Crippen LogP contribution >= 0.6 is 0 Å². The van der Waals surface area contributed by atoms with Gasteiger partial charge in [-0.15, -0.1) is 0 Å². The first kappa shape index (κ1) is 9.72. The van der Waals surface area contributed by atoms with Crippen LogP contribution in [-0.4, -0.2) is 0 Å². The molecule has 0 bridgehead atoms. The molecule has 3 unspecified atom stereocenters. The number of rotatable bonds is 2. The van der Waals surface area contributed by atoms with Gasteiger partial charge in [0.1, 0.15) is 0 Å². The highest BCUT2D eigenvalue weighted by molar-refractivity contribution is 5.36. The standard InChI is InChI=1S/C13H19N/c1-8-5-4-6-11(10(8)3)13(14)12-7-9(12)2/h4-6,9,12-13H,7,14H2,1-3H3. The molecule has 0 heterocycles. The molecule has 1 nitrogen and oxygen atoms in total. The van der Waals surface area contributed by atoms with Gasteiger partial charge in [-0.05, 0) is 48.8 Å². The summed E-state index contributed by atoms with van der Waals surface area (Å²) < 4.78 is 0. The Morgan fingerprint density at radius 3 is 2.57 bits per heavy atom. The Kier molecular flexibility index (Phi) is 2.36. The van der Waals surface area contributed by atoms with Gasteiger partial charge in [0, 0.05) is 6.04 Å². The second-order valence-corrected chi connectivity index (χ2v) is 4.69. The van der Waals surface area contributed by atoms with Gasteiger partial charge in [0.05, 0.1) is 0 Å². The van der Waals surface area contributed by atoms with E-state index in [4.69, 9.17) is 5.73 Å². The van der Waals surface area contributed by atoms with E-state index in [1.807, 2.05) is 0 Å². The molecule has 2 N–H and O–H groups in total. The number of nitrogens with two attached hydrogens (primary N) is 1. The van der Waals surface area contributed by atoms with E-state index in [-0.39, 0.29) is 6.04 Å². The second kappa shape index (κ2) is 3.39. The van der Waals surface area contributed by atoms with Crippen molar-refractivity contribution in [3.8, 4) is 0 Å². The van der Waals surface area contributed by atoms with Crippen LogP contribution in [0.5, 0.6) is 0 Å². The van der Waals surface area contributed by atoms with E-state index < -0.39 is 0 Å². The highest BCUT2D eigenvalue weighted by Crippen LogP contribution is 2.46. The van der Waals surface area contributed by atoms with Gasteiger partial charge in [-0.1, -0.05) is 25.1 Å². The van der Waals surface area contributed by atoms with Crippen LogP contribution in [0, 0.1) is 25.7 Å². The fourth-order valence-electron chi connectivity index (χ4n) is 2.22. The Balaban J connectivity index is 2.27. The van der Waals surface area contributed by atoms with Crippen molar-refractivity contribution in [2.75, 3.05) is 0 Å². The first-order valence-electron chi connectivity index (χ1n) is 5.43. The van der Waals surface area contributed by atoms with E-state index >= 15 is 0 Å². The lowest BCUT2D eigenvalue weighted by Gasteiger charge is -2.15. The molecule has 0 amide bonds. The van der Waals surface area contributed by atoms with E-state index in [9.17, 15) is 0 Å². The van der Waals surface area contributed by atoms with Crippen LogP contribution in [0.2, 0.25) is 0 Å². The summed E-state index contributed by atoms with van der Waals surface area (Å²) in [7, 11) is 0. The van der Waals surface area contributed by atoms with E-state index in [0.29, 0.717) is 0 Å². The van der Waals surface area contributed by atoms with Crippen molar-refractivity contribution in [1.29, 1.82) is 0 Å². The molecule has 3 atom stereocenters. The Labute approximate surface area is 86.3 Å². The molecule has 1 aromatic carbocycles. The zero-order valence-electron chi connectivity index (χ0n) is 9.25. The average molecular weight is 189 g/mol. The van der Waals surface area contributed by atoms with Crippen molar-refractivity contribution >= 4 is 0 Å². The fraction of sp³-hybridized carbons (Fsp3) is 0.538. The summed E-state index contributed by atoms with van der Waals surface area (Å²) in [4.78, 5) is 0. The van der Waals surface area contributed by atoms with Gasteiger partial charge in [0.15, 0.2) is 0 Å². The van der Waals surface area contributed by atoms with Crippen LogP contribution in [-0.2, 0) is 0 Å². The van der Waals surface area contributed by atoms with Crippen molar-refractivity contribution in [3.63, 3.8) is 0 Å². The molecule has 0 aromatic heterocycles. The molecule has 1 heteroatoms. The number of aryl methyl sites for hydroxylation is 1. The quantitative estimate of drug-likeness (QED) is 0.760. The maximum Gasteiger partial charge on any atom is 0.0328 e. The maximum atomic E-state index is 6.26. The Morgan fingerprint density at radius 1 is 1.36 bits per heavy atom. The third kappa shape index (κ3) is 1.57. The molecule has 1 aromatic rings. The Bertz CT molecular complexity index is 343. The predicted octanol–water partition coefficient (Wildman–Crippen LogP) is 2.96. The first-order chi connectivity index (χ1) is 6.61.